The molecule has 8 heteroatoms. The molecule has 0 aliphatic carbocycles. The average Bonchev–Trinajstić information content (AvgIpc) is 3.02. The molecular weight excluding hydrogens is 401 g/mol. The fourth-order valence-electron chi connectivity index (χ4n) is 4.62. The maximum Gasteiger partial charge on any atom is 0.225 e. The number of carbonyl (C=O) groups excluding carboxylic acids is 1. The maximum absolute atomic E-state index is 14.2. The Kier molecular flexibility index (Phi) is 6.34. The Bertz CT molecular complexity index is 963. The van der Waals surface area contributed by atoms with Crippen LogP contribution in [-0.4, -0.2) is 56.2 Å². The maximum atomic E-state index is 14.2. The second-order valence-corrected chi connectivity index (χ2v) is 9.08. The first-order valence-corrected chi connectivity index (χ1v) is 11.2. The molecule has 2 aliphatic heterocycles. The van der Waals surface area contributed by atoms with Crippen molar-refractivity contribution in [1.29, 1.82) is 0 Å². The molecule has 0 bridgehead atoms. The van der Waals surface area contributed by atoms with Crippen LogP contribution in [0.4, 0.5) is 4.39 Å². The van der Waals surface area contributed by atoms with Crippen LogP contribution in [0.5, 0.6) is 0 Å². The summed E-state index contributed by atoms with van der Waals surface area (Å²) in [6, 6.07) is 6.61. The van der Waals surface area contributed by atoms with Gasteiger partial charge >= 0.3 is 0 Å². The van der Waals surface area contributed by atoms with E-state index in [1.807, 2.05) is 7.05 Å². The molecule has 1 amide bonds. The zero-order chi connectivity index (χ0) is 21.3. The lowest BCUT2D eigenvalue weighted by Crippen LogP contribution is -2.46. The van der Waals surface area contributed by atoms with Crippen molar-refractivity contribution in [2.24, 2.45) is 18.9 Å². The number of hydrogen-bond donors (Lipinski definition) is 0. The van der Waals surface area contributed by atoms with E-state index in [0.29, 0.717) is 34.7 Å². The van der Waals surface area contributed by atoms with Gasteiger partial charge in [-0.15, -0.1) is 0 Å². The van der Waals surface area contributed by atoms with Crippen LogP contribution in [0.25, 0.3) is 11.4 Å². The Balaban J connectivity index is 1.39. The minimum Gasteiger partial charge on any atom is -0.342 e. The van der Waals surface area contributed by atoms with Gasteiger partial charge in [-0.2, -0.15) is 5.10 Å². The van der Waals surface area contributed by atoms with Gasteiger partial charge in [-0.05, 0) is 56.0 Å². The summed E-state index contributed by atoms with van der Waals surface area (Å²) in [7, 11) is 1.82. The number of halogens is 1. The van der Waals surface area contributed by atoms with E-state index in [0.717, 1.165) is 45.4 Å². The van der Waals surface area contributed by atoms with E-state index in [2.05, 4.69) is 21.8 Å². The van der Waals surface area contributed by atoms with E-state index in [1.54, 1.807) is 27.4 Å². The highest BCUT2D eigenvalue weighted by molar-refractivity contribution is 7.71. The number of amides is 1. The van der Waals surface area contributed by atoms with Gasteiger partial charge in [0, 0.05) is 39.1 Å². The largest absolute Gasteiger partial charge is 0.342 e. The quantitative estimate of drug-likeness (QED) is 0.693. The van der Waals surface area contributed by atoms with Crippen LogP contribution in [0.2, 0.25) is 0 Å². The van der Waals surface area contributed by atoms with Crippen LogP contribution in [0.1, 0.15) is 32.6 Å². The summed E-state index contributed by atoms with van der Waals surface area (Å²) in [6.45, 7) is 6.28. The standard InChI is InChI=1S/C22H30FN5OS/c1-16-6-5-11-27(14-16)21(29)17-9-12-26(13-10-17)15-28-22(30)25(2)20(24-28)18-7-3-4-8-19(18)23/h3-4,7-8,16-17H,5-6,9-15H2,1-2H3. The van der Waals surface area contributed by atoms with Crippen molar-refractivity contribution in [2.75, 3.05) is 26.2 Å². The highest BCUT2D eigenvalue weighted by Gasteiger charge is 2.30. The highest BCUT2D eigenvalue weighted by Crippen LogP contribution is 2.25. The highest BCUT2D eigenvalue weighted by atomic mass is 32.1. The van der Waals surface area contributed by atoms with Crippen molar-refractivity contribution in [3.63, 3.8) is 0 Å². The van der Waals surface area contributed by atoms with E-state index < -0.39 is 0 Å². The van der Waals surface area contributed by atoms with Gasteiger partial charge < -0.3 is 9.47 Å². The zero-order valence-corrected chi connectivity index (χ0v) is 18.6. The fraction of sp³-hybridized carbons (Fsp3) is 0.591. The number of benzene rings is 1. The lowest BCUT2D eigenvalue weighted by atomic mass is 9.93. The average molecular weight is 432 g/mol. The summed E-state index contributed by atoms with van der Waals surface area (Å²) in [5.41, 5.74) is 0.449. The molecule has 4 rings (SSSR count). The summed E-state index contributed by atoms with van der Waals surface area (Å²) in [5.74, 6) is 1.29. The number of rotatable bonds is 4. The zero-order valence-electron chi connectivity index (χ0n) is 17.8. The summed E-state index contributed by atoms with van der Waals surface area (Å²) >= 11 is 5.54. The molecular formula is C22H30FN5OS. The predicted octanol–water partition coefficient (Wildman–Crippen LogP) is 3.69. The molecule has 3 heterocycles. The molecule has 0 radical (unpaired) electrons. The molecule has 162 valence electrons. The van der Waals surface area contributed by atoms with Crippen LogP contribution in [-0.2, 0) is 18.5 Å². The molecule has 2 fully saturated rings. The van der Waals surface area contributed by atoms with Gasteiger partial charge in [0.15, 0.2) is 10.6 Å². The van der Waals surface area contributed by atoms with Gasteiger partial charge in [0.1, 0.15) is 5.82 Å². The van der Waals surface area contributed by atoms with Crippen molar-refractivity contribution in [1.82, 2.24) is 24.1 Å². The Labute approximate surface area is 182 Å². The molecule has 1 aromatic heterocycles. The van der Waals surface area contributed by atoms with Crippen molar-refractivity contribution >= 4 is 18.1 Å². The van der Waals surface area contributed by atoms with Gasteiger partial charge in [-0.3, -0.25) is 9.69 Å². The van der Waals surface area contributed by atoms with Crippen LogP contribution in [0, 0.1) is 22.4 Å². The van der Waals surface area contributed by atoms with Crippen LogP contribution >= 0.6 is 12.2 Å². The minimum atomic E-state index is -0.306. The minimum absolute atomic E-state index is 0.122. The van der Waals surface area contributed by atoms with Crippen LogP contribution in [0.15, 0.2) is 24.3 Å². The van der Waals surface area contributed by atoms with E-state index in [-0.39, 0.29) is 11.7 Å². The van der Waals surface area contributed by atoms with Crippen molar-refractivity contribution in [3.05, 3.63) is 34.9 Å². The monoisotopic (exact) mass is 431 g/mol. The molecule has 2 aliphatic rings. The molecule has 1 aromatic carbocycles. The third-order valence-corrected chi connectivity index (χ3v) is 6.88. The summed E-state index contributed by atoms with van der Waals surface area (Å²) in [6.07, 6.45) is 4.07. The first-order valence-electron chi connectivity index (χ1n) is 10.8. The van der Waals surface area contributed by atoms with E-state index in [1.165, 1.54) is 12.5 Å². The Morgan fingerprint density at radius 3 is 2.63 bits per heavy atom. The summed E-state index contributed by atoms with van der Waals surface area (Å²) in [5, 5.41) is 4.59. The molecule has 0 spiro atoms. The molecule has 0 N–H and O–H groups in total. The fourth-order valence-corrected chi connectivity index (χ4v) is 4.80. The lowest BCUT2D eigenvalue weighted by Gasteiger charge is -2.37. The van der Waals surface area contributed by atoms with E-state index in [4.69, 9.17) is 12.2 Å². The molecule has 30 heavy (non-hydrogen) atoms. The number of piperidine rings is 2. The first-order chi connectivity index (χ1) is 14.4. The topological polar surface area (TPSA) is 46.3 Å². The van der Waals surface area contributed by atoms with Crippen LogP contribution in [0.3, 0.4) is 0 Å². The normalized spacial score (nSPS) is 21.2. The molecule has 0 saturated carbocycles. The lowest BCUT2D eigenvalue weighted by molar-refractivity contribution is -0.139. The number of nitrogens with zero attached hydrogens (tertiary/aromatic N) is 5. The first kappa shape index (κ1) is 21.2. The smallest absolute Gasteiger partial charge is 0.225 e. The van der Waals surface area contributed by atoms with Crippen molar-refractivity contribution in [2.45, 2.75) is 39.3 Å². The van der Waals surface area contributed by atoms with E-state index >= 15 is 0 Å². The van der Waals surface area contributed by atoms with Crippen molar-refractivity contribution < 1.29 is 9.18 Å². The molecule has 1 unspecified atom stereocenters. The number of hydrogen-bond acceptors (Lipinski definition) is 4. The third-order valence-electron chi connectivity index (χ3n) is 6.40. The van der Waals surface area contributed by atoms with Gasteiger partial charge in [0.05, 0.1) is 12.2 Å². The van der Waals surface area contributed by atoms with Gasteiger partial charge in [-0.25, -0.2) is 9.07 Å². The Morgan fingerprint density at radius 2 is 1.93 bits per heavy atom. The molecule has 2 saturated heterocycles. The third kappa shape index (κ3) is 4.34. The predicted molar refractivity (Wildman–Crippen MR) is 117 cm³/mol. The van der Waals surface area contributed by atoms with E-state index in [9.17, 15) is 9.18 Å². The second kappa shape index (κ2) is 8.98. The van der Waals surface area contributed by atoms with Gasteiger partial charge in [0.2, 0.25) is 5.91 Å². The summed E-state index contributed by atoms with van der Waals surface area (Å²) in [4.78, 5) is 17.2. The van der Waals surface area contributed by atoms with Crippen molar-refractivity contribution in [3.8, 4) is 11.4 Å². The van der Waals surface area contributed by atoms with Gasteiger partial charge in [0.25, 0.3) is 0 Å². The Hall–Kier alpha value is -2.06. The number of likely N-dealkylation sites (tertiary alicyclic amines) is 2. The van der Waals surface area contributed by atoms with Gasteiger partial charge in [-0.1, -0.05) is 19.1 Å². The second-order valence-electron chi connectivity index (χ2n) is 8.71. The molecule has 1 atom stereocenters. The number of aromatic nitrogens is 3. The molecule has 2 aromatic rings. The SMILES string of the molecule is CC1CCCN(C(=O)C2CCN(Cn3nc(-c4ccccc4F)n(C)c3=S)CC2)C1. The number of carbonyl (C=O) groups is 1. The van der Waals surface area contributed by atoms with Crippen LogP contribution < -0.4 is 0 Å². The Morgan fingerprint density at radius 1 is 1.20 bits per heavy atom. The summed E-state index contributed by atoms with van der Waals surface area (Å²) < 4.78 is 18.3. The molecule has 6 nitrogen and oxygen atoms in total.